The molecule has 3 N–H and O–H groups in total. The number of aromatic nitrogens is 4. The summed E-state index contributed by atoms with van der Waals surface area (Å²) < 4.78 is 1.71. The van der Waals surface area contributed by atoms with Crippen LogP contribution in [0.3, 0.4) is 0 Å². The minimum Gasteiger partial charge on any atom is -0.393 e. The van der Waals surface area contributed by atoms with Crippen molar-refractivity contribution in [3.8, 4) is 0 Å². The van der Waals surface area contributed by atoms with Crippen LogP contribution in [0.15, 0.2) is 55.1 Å². The number of carbonyl (C=O) groups excluding carboxylic acids is 1. The van der Waals surface area contributed by atoms with E-state index >= 15 is 0 Å². The molecule has 28 heavy (non-hydrogen) atoms. The molecule has 1 atom stereocenters. The molecule has 0 spiro atoms. The van der Waals surface area contributed by atoms with Crippen LogP contribution in [0, 0.1) is 5.92 Å². The molecule has 2 heterocycles. The number of rotatable bonds is 6. The normalized spacial score (nSPS) is 19.5. The number of aryl methyl sites for hydroxylation is 1. The first-order valence-electron chi connectivity index (χ1n) is 9.20. The molecule has 0 aliphatic heterocycles. The van der Waals surface area contributed by atoms with E-state index in [1.165, 1.54) is 12.4 Å². The fraction of sp³-hybridized carbons (Fsp3) is 0.300. The van der Waals surface area contributed by atoms with Gasteiger partial charge in [-0.1, -0.05) is 18.2 Å². The highest BCUT2D eigenvalue weighted by atomic mass is 16.3. The zero-order valence-electron chi connectivity index (χ0n) is 15.5. The molecule has 1 saturated carbocycles. The van der Waals surface area contributed by atoms with Gasteiger partial charge in [0, 0.05) is 36.9 Å². The fourth-order valence-electron chi connectivity index (χ4n) is 3.36. The molecule has 0 unspecified atom stereocenters. The molecule has 144 valence electrons. The van der Waals surface area contributed by atoms with E-state index in [1.807, 2.05) is 43.6 Å². The van der Waals surface area contributed by atoms with E-state index in [1.54, 1.807) is 10.9 Å². The van der Waals surface area contributed by atoms with Crippen molar-refractivity contribution in [1.29, 1.82) is 0 Å². The van der Waals surface area contributed by atoms with Crippen LogP contribution in [0.2, 0.25) is 0 Å². The Labute approximate surface area is 162 Å². The molecule has 0 saturated heterocycles. The van der Waals surface area contributed by atoms with Crippen molar-refractivity contribution in [1.82, 2.24) is 25.1 Å². The molecule has 0 radical (unpaired) electrons. The third kappa shape index (κ3) is 4.01. The van der Waals surface area contributed by atoms with Crippen LogP contribution in [0.5, 0.6) is 0 Å². The van der Waals surface area contributed by atoms with Crippen molar-refractivity contribution in [2.45, 2.75) is 25.0 Å². The van der Waals surface area contributed by atoms with Gasteiger partial charge in [0.15, 0.2) is 0 Å². The van der Waals surface area contributed by atoms with Gasteiger partial charge in [0.25, 0.3) is 5.91 Å². The first-order valence-corrected chi connectivity index (χ1v) is 9.20. The smallest absolute Gasteiger partial charge is 0.254 e. The average molecular weight is 378 g/mol. The molecule has 8 heteroatoms. The van der Waals surface area contributed by atoms with Crippen LogP contribution in [-0.2, 0) is 7.05 Å². The van der Waals surface area contributed by atoms with E-state index in [9.17, 15) is 9.90 Å². The summed E-state index contributed by atoms with van der Waals surface area (Å²) in [6, 6.07) is 9.39. The highest BCUT2D eigenvalue weighted by Gasteiger charge is 2.36. The van der Waals surface area contributed by atoms with Gasteiger partial charge in [0.05, 0.1) is 23.9 Å². The number of amides is 1. The van der Waals surface area contributed by atoms with Crippen LogP contribution in [0.1, 0.15) is 34.8 Å². The monoisotopic (exact) mass is 378 g/mol. The van der Waals surface area contributed by atoms with Crippen molar-refractivity contribution in [2.24, 2.45) is 13.0 Å². The van der Waals surface area contributed by atoms with Gasteiger partial charge in [-0.3, -0.25) is 9.48 Å². The second-order valence-corrected chi connectivity index (χ2v) is 7.07. The zero-order chi connectivity index (χ0) is 19.5. The predicted octanol–water partition coefficient (Wildman–Crippen LogP) is 2.20. The molecular formula is C20H22N6O2. The second-order valence-electron chi connectivity index (χ2n) is 7.07. The molecule has 2 aromatic heterocycles. The number of para-hydroxylation sites is 1. The van der Waals surface area contributed by atoms with Crippen molar-refractivity contribution in [3.05, 3.63) is 66.2 Å². The van der Waals surface area contributed by atoms with Crippen LogP contribution >= 0.6 is 0 Å². The first-order chi connectivity index (χ1) is 13.6. The summed E-state index contributed by atoms with van der Waals surface area (Å²) in [4.78, 5) is 21.2. The topological polar surface area (TPSA) is 105 Å². The maximum Gasteiger partial charge on any atom is 0.254 e. The Morgan fingerprint density at radius 3 is 2.50 bits per heavy atom. The summed E-state index contributed by atoms with van der Waals surface area (Å²) in [5.41, 5.74) is 2.18. The molecule has 8 nitrogen and oxygen atoms in total. The van der Waals surface area contributed by atoms with E-state index in [0.717, 1.165) is 11.3 Å². The highest BCUT2D eigenvalue weighted by Crippen LogP contribution is 2.38. The number of benzene rings is 1. The van der Waals surface area contributed by atoms with E-state index in [0.29, 0.717) is 24.4 Å². The summed E-state index contributed by atoms with van der Waals surface area (Å²) in [7, 11) is 1.84. The number of hydrogen-bond acceptors (Lipinski definition) is 6. The molecule has 1 aliphatic carbocycles. The molecule has 1 amide bonds. The quantitative estimate of drug-likeness (QED) is 0.607. The molecule has 1 aromatic carbocycles. The van der Waals surface area contributed by atoms with Crippen molar-refractivity contribution in [3.63, 3.8) is 0 Å². The molecule has 1 aliphatic rings. The van der Waals surface area contributed by atoms with Crippen LogP contribution in [0.4, 0.5) is 11.6 Å². The summed E-state index contributed by atoms with van der Waals surface area (Å²) >= 11 is 0. The molecule has 1 fully saturated rings. The van der Waals surface area contributed by atoms with Crippen molar-refractivity contribution >= 4 is 17.5 Å². The Kier molecular flexibility index (Phi) is 5.03. The maximum atomic E-state index is 12.7. The van der Waals surface area contributed by atoms with Gasteiger partial charge < -0.3 is 15.7 Å². The van der Waals surface area contributed by atoms with Gasteiger partial charge in [-0.05, 0) is 30.9 Å². The molecule has 4 rings (SSSR count). The van der Waals surface area contributed by atoms with E-state index in [-0.39, 0.29) is 24.0 Å². The van der Waals surface area contributed by atoms with Gasteiger partial charge in [0.1, 0.15) is 0 Å². The third-order valence-corrected chi connectivity index (χ3v) is 4.94. The van der Waals surface area contributed by atoms with Crippen LogP contribution in [-0.4, -0.2) is 36.9 Å². The number of carbonyl (C=O) groups is 1. The molecule has 3 aromatic rings. The third-order valence-electron chi connectivity index (χ3n) is 4.94. The highest BCUT2D eigenvalue weighted by molar-refractivity contribution is 5.94. The lowest BCUT2D eigenvalue weighted by atomic mass is 9.75. The summed E-state index contributed by atoms with van der Waals surface area (Å²) in [5, 5.41) is 20.0. The minimum atomic E-state index is -0.298. The number of anilines is 2. The standard InChI is InChI=1S/C20H22N6O2/c1-26-12-15(11-23-26)18(13-7-17(27)8-13)25-19(28)14-9-21-20(22-10-14)24-16-5-3-2-4-6-16/h2-6,9-13,17-18,27H,7-8H2,1H3,(H,25,28)(H,21,22,24)/t13?,17?,18-/m0/s1. The molecule has 0 bridgehead atoms. The number of hydrogen-bond donors (Lipinski definition) is 3. The number of aliphatic hydroxyl groups is 1. The average Bonchev–Trinajstić information content (AvgIpc) is 3.11. The van der Waals surface area contributed by atoms with Gasteiger partial charge in [0.2, 0.25) is 5.95 Å². The lowest BCUT2D eigenvalue weighted by Crippen LogP contribution is -2.41. The number of nitrogens with zero attached hydrogens (tertiary/aromatic N) is 4. The van der Waals surface area contributed by atoms with Gasteiger partial charge >= 0.3 is 0 Å². The zero-order valence-corrected chi connectivity index (χ0v) is 15.5. The number of aliphatic hydroxyl groups excluding tert-OH is 1. The Bertz CT molecular complexity index is 935. The van der Waals surface area contributed by atoms with Crippen molar-refractivity contribution < 1.29 is 9.90 Å². The van der Waals surface area contributed by atoms with Crippen LogP contribution in [0.25, 0.3) is 0 Å². The van der Waals surface area contributed by atoms with E-state index in [2.05, 4.69) is 25.7 Å². The first kappa shape index (κ1) is 18.1. The number of nitrogens with one attached hydrogen (secondary N) is 2. The predicted molar refractivity (Wildman–Crippen MR) is 104 cm³/mol. The largest absolute Gasteiger partial charge is 0.393 e. The lowest BCUT2D eigenvalue weighted by Gasteiger charge is -2.37. The van der Waals surface area contributed by atoms with Crippen LogP contribution < -0.4 is 10.6 Å². The summed E-state index contributed by atoms with van der Waals surface area (Å²) in [6.45, 7) is 0. The lowest BCUT2D eigenvalue weighted by molar-refractivity contribution is 0.0235. The Morgan fingerprint density at radius 1 is 1.18 bits per heavy atom. The summed E-state index contributed by atoms with van der Waals surface area (Å²) in [5.74, 6) is 0.360. The SMILES string of the molecule is Cn1cc([C@@H](NC(=O)c2cnc(Nc3ccccc3)nc2)C2CC(O)C2)cn1. The maximum absolute atomic E-state index is 12.7. The van der Waals surface area contributed by atoms with Gasteiger partial charge in [-0.15, -0.1) is 0 Å². The second kappa shape index (κ2) is 7.77. The Hall–Kier alpha value is -3.26. The van der Waals surface area contributed by atoms with E-state index < -0.39 is 0 Å². The van der Waals surface area contributed by atoms with Gasteiger partial charge in [-0.2, -0.15) is 5.10 Å². The summed E-state index contributed by atoms with van der Waals surface area (Å²) in [6.07, 6.45) is 7.67. The van der Waals surface area contributed by atoms with E-state index in [4.69, 9.17) is 0 Å². The minimum absolute atomic E-state index is 0.183. The fourth-order valence-corrected chi connectivity index (χ4v) is 3.36. The van der Waals surface area contributed by atoms with Gasteiger partial charge in [-0.25, -0.2) is 9.97 Å². The van der Waals surface area contributed by atoms with Crippen molar-refractivity contribution in [2.75, 3.05) is 5.32 Å². The Morgan fingerprint density at radius 2 is 1.89 bits per heavy atom. The molecular weight excluding hydrogens is 356 g/mol. The Balaban J connectivity index is 1.45.